The Balaban J connectivity index is 1.75. The molecule has 3 aromatic rings. The van der Waals surface area contributed by atoms with Gasteiger partial charge in [-0.3, -0.25) is 4.79 Å². The molecule has 0 fully saturated rings. The zero-order chi connectivity index (χ0) is 15.5. The zero-order valence-electron chi connectivity index (χ0n) is 12.1. The van der Waals surface area contributed by atoms with Crippen molar-refractivity contribution in [2.24, 2.45) is 0 Å². The first-order chi connectivity index (χ1) is 10.6. The molecular formula is C15H16N4O3. The van der Waals surface area contributed by atoms with E-state index in [0.717, 1.165) is 0 Å². The number of aliphatic hydroxyl groups is 1. The summed E-state index contributed by atoms with van der Waals surface area (Å²) in [6.45, 7) is 2.21. The Kier molecular flexibility index (Phi) is 3.88. The molecule has 0 saturated heterocycles. The number of ether oxygens (including phenoxy) is 1. The third-order valence-electron chi connectivity index (χ3n) is 3.32. The number of nitrogens with zero attached hydrogens (tertiary/aromatic N) is 4. The maximum absolute atomic E-state index is 11.8. The summed E-state index contributed by atoms with van der Waals surface area (Å²) in [5, 5.41) is 14.1. The smallest absolute Gasteiger partial charge is 0.275 e. The van der Waals surface area contributed by atoms with E-state index in [4.69, 9.17) is 4.74 Å². The molecule has 0 amide bonds. The zero-order valence-corrected chi connectivity index (χ0v) is 12.1. The molecule has 0 aliphatic heterocycles. The number of rotatable bonds is 5. The molecule has 22 heavy (non-hydrogen) atoms. The highest BCUT2D eigenvalue weighted by molar-refractivity contribution is 5.29. The summed E-state index contributed by atoms with van der Waals surface area (Å²) in [6.07, 6.45) is 0.585. The topological polar surface area (TPSA) is 81.7 Å². The molecule has 0 spiro atoms. The van der Waals surface area contributed by atoms with Crippen molar-refractivity contribution in [3.63, 3.8) is 0 Å². The summed E-state index contributed by atoms with van der Waals surface area (Å²) in [5.74, 6) is 1.11. The van der Waals surface area contributed by atoms with E-state index >= 15 is 0 Å². The van der Waals surface area contributed by atoms with Gasteiger partial charge in [0, 0.05) is 11.8 Å². The van der Waals surface area contributed by atoms with Crippen molar-refractivity contribution in [2.75, 3.05) is 6.61 Å². The SMILES string of the molecule is Cc1cc(=O)n2ncnc2n1C[C@H](O)COc1ccccc1. The average molecular weight is 300 g/mol. The summed E-state index contributed by atoms with van der Waals surface area (Å²) in [7, 11) is 0. The molecule has 1 aromatic carbocycles. The summed E-state index contributed by atoms with van der Waals surface area (Å²) in [4.78, 5) is 15.8. The molecule has 0 aliphatic carbocycles. The van der Waals surface area contributed by atoms with Crippen LogP contribution in [0.1, 0.15) is 5.69 Å². The number of aromatic nitrogens is 4. The highest BCUT2D eigenvalue weighted by Gasteiger charge is 2.13. The van der Waals surface area contributed by atoms with Gasteiger partial charge in [0.25, 0.3) is 5.56 Å². The molecule has 0 saturated carbocycles. The van der Waals surface area contributed by atoms with Crippen LogP contribution in [0.2, 0.25) is 0 Å². The number of hydrogen-bond donors (Lipinski definition) is 1. The lowest BCUT2D eigenvalue weighted by Crippen LogP contribution is -2.28. The van der Waals surface area contributed by atoms with E-state index in [1.54, 1.807) is 11.5 Å². The largest absolute Gasteiger partial charge is 0.491 e. The van der Waals surface area contributed by atoms with Crippen LogP contribution in [0, 0.1) is 6.92 Å². The first-order valence-corrected chi connectivity index (χ1v) is 6.91. The molecule has 114 valence electrons. The minimum atomic E-state index is -0.734. The van der Waals surface area contributed by atoms with Gasteiger partial charge in [0.1, 0.15) is 24.8 Å². The van der Waals surface area contributed by atoms with Crippen LogP contribution in [0.5, 0.6) is 5.75 Å². The normalized spacial score (nSPS) is 12.5. The minimum Gasteiger partial charge on any atom is -0.491 e. The lowest BCUT2D eigenvalue weighted by molar-refractivity contribution is 0.0925. The van der Waals surface area contributed by atoms with Crippen LogP contribution in [-0.4, -0.2) is 37.0 Å². The molecule has 7 heteroatoms. The first-order valence-electron chi connectivity index (χ1n) is 6.91. The van der Waals surface area contributed by atoms with Crippen LogP contribution in [0.4, 0.5) is 0 Å². The van der Waals surface area contributed by atoms with E-state index < -0.39 is 6.10 Å². The monoisotopic (exact) mass is 300 g/mol. The van der Waals surface area contributed by atoms with E-state index in [9.17, 15) is 9.90 Å². The van der Waals surface area contributed by atoms with Crippen LogP contribution in [0.25, 0.3) is 5.78 Å². The summed E-state index contributed by atoms with van der Waals surface area (Å²) in [6, 6.07) is 10.8. The molecule has 1 N–H and O–H groups in total. The fourth-order valence-corrected chi connectivity index (χ4v) is 2.25. The minimum absolute atomic E-state index is 0.149. The Hall–Kier alpha value is -2.67. The predicted octanol–water partition coefficient (Wildman–Crippen LogP) is 0.639. The average Bonchev–Trinajstić information content (AvgIpc) is 3.00. The number of benzene rings is 1. The Morgan fingerprint density at radius 1 is 1.32 bits per heavy atom. The molecule has 0 unspecified atom stereocenters. The van der Waals surface area contributed by atoms with Crippen molar-refractivity contribution in [1.29, 1.82) is 0 Å². The van der Waals surface area contributed by atoms with Crippen LogP contribution in [0.3, 0.4) is 0 Å². The Morgan fingerprint density at radius 3 is 2.86 bits per heavy atom. The van der Waals surface area contributed by atoms with Crippen molar-refractivity contribution in [1.82, 2.24) is 19.2 Å². The van der Waals surface area contributed by atoms with Gasteiger partial charge in [0.05, 0.1) is 6.54 Å². The van der Waals surface area contributed by atoms with Crippen LogP contribution in [0.15, 0.2) is 47.5 Å². The molecule has 7 nitrogen and oxygen atoms in total. The van der Waals surface area contributed by atoms with E-state index in [1.165, 1.54) is 16.9 Å². The van der Waals surface area contributed by atoms with Crippen LogP contribution in [-0.2, 0) is 6.54 Å². The summed E-state index contributed by atoms with van der Waals surface area (Å²) >= 11 is 0. The Labute approximate surface area is 126 Å². The number of aryl methyl sites for hydroxylation is 1. The lowest BCUT2D eigenvalue weighted by atomic mass is 10.3. The first kappa shape index (κ1) is 14.3. The molecule has 0 aliphatic rings. The lowest BCUT2D eigenvalue weighted by Gasteiger charge is -2.16. The molecule has 0 bridgehead atoms. The van der Waals surface area contributed by atoms with Crippen molar-refractivity contribution < 1.29 is 9.84 Å². The van der Waals surface area contributed by atoms with Crippen LogP contribution < -0.4 is 10.3 Å². The fraction of sp³-hybridized carbons (Fsp3) is 0.267. The molecule has 2 heterocycles. The second kappa shape index (κ2) is 5.98. The third-order valence-corrected chi connectivity index (χ3v) is 3.32. The van der Waals surface area contributed by atoms with Gasteiger partial charge in [-0.25, -0.2) is 0 Å². The number of hydrogen-bond acceptors (Lipinski definition) is 5. The van der Waals surface area contributed by atoms with Gasteiger partial charge in [0.15, 0.2) is 0 Å². The third kappa shape index (κ3) is 2.84. The Bertz CT molecular complexity index is 826. The highest BCUT2D eigenvalue weighted by Crippen LogP contribution is 2.10. The Morgan fingerprint density at radius 2 is 2.09 bits per heavy atom. The van der Waals surface area contributed by atoms with E-state index in [0.29, 0.717) is 17.2 Å². The van der Waals surface area contributed by atoms with Gasteiger partial charge < -0.3 is 14.4 Å². The summed E-state index contributed by atoms with van der Waals surface area (Å²) < 4.78 is 8.48. The number of para-hydroxylation sites is 1. The van der Waals surface area contributed by atoms with E-state index in [1.807, 2.05) is 30.3 Å². The molecule has 2 aromatic heterocycles. The quantitative estimate of drug-likeness (QED) is 0.748. The van der Waals surface area contributed by atoms with Crippen molar-refractivity contribution in [3.8, 4) is 5.75 Å². The second-order valence-electron chi connectivity index (χ2n) is 4.98. The van der Waals surface area contributed by atoms with Crippen molar-refractivity contribution >= 4 is 5.78 Å². The van der Waals surface area contributed by atoms with Gasteiger partial charge >= 0.3 is 0 Å². The number of aliphatic hydroxyl groups excluding tert-OH is 1. The van der Waals surface area contributed by atoms with Crippen LogP contribution >= 0.6 is 0 Å². The fourth-order valence-electron chi connectivity index (χ4n) is 2.25. The molecule has 0 radical (unpaired) electrons. The predicted molar refractivity (Wildman–Crippen MR) is 79.9 cm³/mol. The second-order valence-corrected chi connectivity index (χ2v) is 4.98. The van der Waals surface area contributed by atoms with E-state index in [-0.39, 0.29) is 18.7 Å². The van der Waals surface area contributed by atoms with Gasteiger partial charge in [0.2, 0.25) is 5.78 Å². The summed E-state index contributed by atoms with van der Waals surface area (Å²) in [5.41, 5.74) is 0.473. The van der Waals surface area contributed by atoms with Crippen molar-refractivity contribution in [2.45, 2.75) is 19.6 Å². The molecular weight excluding hydrogens is 284 g/mol. The standard InChI is InChI=1S/C15H16N4O3/c1-11-7-14(21)19-15(16-10-17-19)18(11)8-12(20)9-22-13-5-3-2-4-6-13/h2-7,10,12,20H,8-9H2,1H3/t12-/m0/s1. The highest BCUT2D eigenvalue weighted by atomic mass is 16.5. The van der Waals surface area contributed by atoms with E-state index in [2.05, 4.69) is 10.1 Å². The van der Waals surface area contributed by atoms with Gasteiger partial charge in [-0.15, -0.1) is 0 Å². The maximum atomic E-state index is 11.8. The number of fused-ring (bicyclic) bond motifs is 1. The maximum Gasteiger partial charge on any atom is 0.275 e. The van der Waals surface area contributed by atoms with Gasteiger partial charge in [-0.05, 0) is 19.1 Å². The molecule has 3 rings (SSSR count). The van der Waals surface area contributed by atoms with Gasteiger partial charge in [-0.1, -0.05) is 18.2 Å². The molecule has 1 atom stereocenters. The van der Waals surface area contributed by atoms with Gasteiger partial charge in [-0.2, -0.15) is 14.6 Å². The van der Waals surface area contributed by atoms with Crippen molar-refractivity contribution in [3.05, 3.63) is 58.8 Å².